The molecule has 110 valence electrons. The van der Waals surface area contributed by atoms with E-state index in [1.807, 2.05) is 7.05 Å². The van der Waals surface area contributed by atoms with Crippen molar-refractivity contribution in [2.75, 3.05) is 13.6 Å². The summed E-state index contributed by atoms with van der Waals surface area (Å²) in [4.78, 5) is 14.4. The van der Waals surface area contributed by atoms with Crippen molar-refractivity contribution in [3.8, 4) is 0 Å². The highest BCUT2D eigenvalue weighted by molar-refractivity contribution is 6.36. The van der Waals surface area contributed by atoms with Crippen molar-refractivity contribution >= 4 is 29.1 Å². The average Bonchev–Trinajstić information content (AvgIpc) is 2.45. The molecule has 1 aliphatic carbocycles. The molecule has 1 fully saturated rings. The highest BCUT2D eigenvalue weighted by Gasteiger charge is 2.30. The molecule has 5 heteroatoms. The summed E-state index contributed by atoms with van der Waals surface area (Å²) in [6, 6.07) is 5.18. The minimum Gasteiger partial charge on any atom is -0.338 e. The molecule has 0 heterocycles. The van der Waals surface area contributed by atoms with Crippen molar-refractivity contribution in [3.05, 3.63) is 33.8 Å². The van der Waals surface area contributed by atoms with Crippen LogP contribution in [0.1, 0.15) is 36.0 Å². The summed E-state index contributed by atoms with van der Waals surface area (Å²) in [5, 5.41) is 0.932. The number of rotatable bonds is 3. The second kappa shape index (κ2) is 6.79. The van der Waals surface area contributed by atoms with Gasteiger partial charge in [-0.2, -0.15) is 0 Å². The highest BCUT2D eigenvalue weighted by atomic mass is 35.5. The first kappa shape index (κ1) is 15.6. The maximum Gasteiger partial charge on any atom is 0.255 e. The Bertz CT molecular complexity index is 493. The van der Waals surface area contributed by atoms with Crippen molar-refractivity contribution in [3.63, 3.8) is 0 Å². The predicted molar refractivity (Wildman–Crippen MR) is 83.4 cm³/mol. The number of carbonyl (C=O) groups is 1. The lowest BCUT2D eigenvalue weighted by Gasteiger charge is -2.37. The lowest BCUT2D eigenvalue weighted by molar-refractivity contribution is 0.0620. The van der Waals surface area contributed by atoms with Crippen LogP contribution >= 0.6 is 23.2 Å². The molecular weight excluding hydrogens is 295 g/mol. The summed E-state index contributed by atoms with van der Waals surface area (Å²) in [5.74, 6) is 0.320. The Hall–Kier alpha value is -0.770. The van der Waals surface area contributed by atoms with Crippen molar-refractivity contribution in [1.82, 2.24) is 4.90 Å². The summed E-state index contributed by atoms with van der Waals surface area (Å²) >= 11 is 12.0. The van der Waals surface area contributed by atoms with Crippen LogP contribution in [-0.2, 0) is 0 Å². The zero-order valence-corrected chi connectivity index (χ0v) is 13.1. The third kappa shape index (κ3) is 3.27. The van der Waals surface area contributed by atoms with E-state index in [-0.39, 0.29) is 11.9 Å². The molecule has 2 N–H and O–H groups in total. The number of hydrogen-bond acceptors (Lipinski definition) is 2. The first-order chi connectivity index (χ1) is 9.54. The largest absolute Gasteiger partial charge is 0.338 e. The van der Waals surface area contributed by atoms with E-state index in [0.29, 0.717) is 28.1 Å². The van der Waals surface area contributed by atoms with Gasteiger partial charge in [0.15, 0.2) is 0 Å². The second-order valence-corrected chi connectivity index (χ2v) is 6.23. The van der Waals surface area contributed by atoms with Crippen LogP contribution in [0.3, 0.4) is 0 Å². The molecule has 1 saturated carbocycles. The molecule has 0 spiro atoms. The number of amides is 1. The van der Waals surface area contributed by atoms with Gasteiger partial charge in [0.25, 0.3) is 5.91 Å². The van der Waals surface area contributed by atoms with Gasteiger partial charge in [0.05, 0.1) is 10.6 Å². The fourth-order valence-corrected chi connectivity index (χ4v) is 3.47. The summed E-state index contributed by atoms with van der Waals surface area (Å²) < 4.78 is 0. The van der Waals surface area contributed by atoms with Gasteiger partial charge < -0.3 is 10.6 Å². The van der Waals surface area contributed by atoms with Gasteiger partial charge >= 0.3 is 0 Å². The Kier molecular flexibility index (Phi) is 5.30. The van der Waals surface area contributed by atoms with Crippen LogP contribution < -0.4 is 5.73 Å². The van der Waals surface area contributed by atoms with Crippen LogP contribution in [0.15, 0.2) is 18.2 Å². The van der Waals surface area contributed by atoms with E-state index in [2.05, 4.69) is 0 Å². The molecule has 1 aromatic carbocycles. The molecule has 2 rings (SSSR count). The lowest BCUT2D eigenvalue weighted by Crippen LogP contribution is -2.46. The molecule has 20 heavy (non-hydrogen) atoms. The van der Waals surface area contributed by atoms with Crippen molar-refractivity contribution in [1.29, 1.82) is 0 Å². The standard InChI is InChI=1S/C15H20Cl2N2O/c1-19(14-5-3-2-4-10(14)9-18)15(20)12-7-6-11(16)8-13(12)17/h6-8,10,14H,2-5,9,18H2,1H3. The van der Waals surface area contributed by atoms with Crippen molar-refractivity contribution < 1.29 is 4.79 Å². The highest BCUT2D eigenvalue weighted by Crippen LogP contribution is 2.29. The SMILES string of the molecule is CN(C(=O)c1ccc(Cl)cc1Cl)C1CCCCC1CN. The minimum absolute atomic E-state index is 0.0583. The topological polar surface area (TPSA) is 46.3 Å². The smallest absolute Gasteiger partial charge is 0.255 e. The fourth-order valence-electron chi connectivity index (χ4n) is 2.98. The number of nitrogens with two attached hydrogens (primary N) is 1. The monoisotopic (exact) mass is 314 g/mol. The first-order valence-corrected chi connectivity index (χ1v) is 7.72. The first-order valence-electron chi connectivity index (χ1n) is 6.97. The molecule has 2 atom stereocenters. The van der Waals surface area contributed by atoms with Gasteiger partial charge in [0.2, 0.25) is 0 Å². The average molecular weight is 315 g/mol. The van der Waals surface area contributed by atoms with E-state index in [4.69, 9.17) is 28.9 Å². The number of benzene rings is 1. The van der Waals surface area contributed by atoms with Gasteiger partial charge in [-0.05, 0) is 43.5 Å². The van der Waals surface area contributed by atoms with Crippen LogP contribution in [0, 0.1) is 5.92 Å². The van der Waals surface area contributed by atoms with Crippen LogP contribution in [0.5, 0.6) is 0 Å². The van der Waals surface area contributed by atoms with E-state index in [9.17, 15) is 4.79 Å². The van der Waals surface area contributed by atoms with E-state index in [0.717, 1.165) is 19.3 Å². The maximum atomic E-state index is 12.6. The second-order valence-electron chi connectivity index (χ2n) is 5.39. The molecule has 1 aromatic rings. The number of nitrogens with zero attached hydrogens (tertiary/aromatic N) is 1. The molecular formula is C15H20Cl2N2O. The normalized spacial score (nSPS) is 22.6. The minimum atomic E-state index is -0.0583. The van der Waals surface area contributed by atoms with Gasteiger partial charge in [0.1, 0.15) is 0 Å². The van der Waals surface area contributed by atoms with E-state index in [1.54, 1.807) is 23.1 Å². The molecule has 0 saturated heterocycles. The van der Waals surface area contributed by atoms with Gasteiger partial charge in [-0.3, -0.25) is 4.79 Å². The lowest BCUT2D eigenvalue weighted by atomic mass is 9.83. The Morgan fingerprint density at radius 2 is 2.05 bits per heavy atom. The van der Waals surface area contributed by atoms with E-state index < -0.39 is 0 Å². The van der Waals surface area contributed by atoms with Crippen LogP contribution in [0.25, 0.3) is 0 Å². The van der Waals surface area contributed by atoms with Crippen molar-refractivity contribution in [2.45, 2.75) is 31.7 Å². The number of halogens is 2. The summed E-state index contributed by atoms with van der Waals surface area (Å²) in [5.41, 5.74) is 6.34. The Labute approximate surface area is 130 Å². The number of carbonyl (C=O) groups excluding carboxylic acids is 1. The molecule has 0 radical (unpaired) electrons. The van der Waals surface area contributed by atoms with Crippen LogP contribution in [0.2, 0.25) is 10.0 Å². The molecule has 2 unspecified atom stereocenters. The third-order valence-corrected chi connectivity index (χ3v) is 4.70. The Morgan fingerprint density at radius 3 is 2.70 bits per heavy atom. The maximum absolute atomic E-state index is 12.6. The molecule has 0 aliphatic heterocycles. The van der Waals surface area contributed by atoms with Gasteiger partial charge in [-0.25, -0.2) is 0 Å². The summed E-state index contributed by atoms with van der Waals surface area (Å²) in [6.07, 6.45) is 4.44. The zero-order chi connectivity index (χ0) is 14.7. The third-order valence-electron chi connectivity index (χ3n) is 4.15. The summed E-state index contributed by atoms with van der Waals surface area (Å²) in [7, 11) is 1.84. The number of hydrogen-bond donors (Lipinski definition) is 1. The van der Waals surface area contributed by atoms with E-state index in [1.165, 1.54) is 6.42 Å². The summed E-state index contributed by atoms with van der Waals surface area (Å²) in [6.45, 7) is 0.622. The zero-order valence-electron chi connectivity index (χ0n) is 11.6. The molecule has 0 bridgehead atoms. The van der Waals surface area contributed by atoms with Crippen molar-refractivity contribution in [2.24, 2.45) is 11.7 Å². The predicted octanol–water partition coefficient (Wildman–Crippen LogP) is 3.58. The van der Waals surface area contributed by atoms with Gasteiger partial charge in [-0.15, -0.1) is 0 Å². The Morgan fingerprint density at radius 1 is 1.35 bits per heavy atom. The van der Waals surface area contributed by atoms with Gasteiger partial charge in [0, 0.05) is 18.1 Å². The molecule has 3 nitrogen and oxygen atoms in total. The van der Waals surface area contributed by atoms with Gasteiger partial charge in [-0.1, -0.05) is 36.0 Å². The van der Waals surface area contributed by atoms with Crippen LogP contribution in [-0.4, -0.2) is 30.4 Å². The Balaban J connectivity index is 2.18. The fraction of sp³-hybridized carbons (Fsp3) is 0.533. The van der Waals surface area contributed by atoms with E-state index >= 15 is 0 Å². The molecule has 1 amide bonds. The quantitative estimate of drug-likeness (QED) is 0.926. The van der Waals surface area contributed by atoms with Crippen LogP contribution in [0.4, 0.5) is 0 Å². The molecule has 1 aliphatic rings. The molecule has 0 aromatic heterocycles.